The minimum atomic E-state index is -0.327. The van der Waals surface area contributed by atoms with E-state index in [4.69, 9.17) is 18.9 Å². The molecule has 4 nitrogen and oxygen atoms in total. The number of aryl methyl sites for hydroxylation is 1. The van der Waals surface area contributed by atoms with E-state index in [-0.39, 0.29) is 28.8 Å². The molecule has 40 heavy (non-hydrogen) atoms. The number of hydrogen-bond donors (Lipinski definition) is 0. The first-order valence-corrected chi connectivity index (χ1v) is 15.5. The maximum Gasteiger partial charge on any atom is 0.113 e. The Morgan fingerprint density at radius 1 is 0.775 bits per heavy atom. The SMILES string of the molecule is C=CCOC[C@H]1S[C@@H](c2csc3c(Cc4ccc(C)cc4)cccc23)[C@H](OCC=C)[C@@H](OCC=C)[C@@H]1OCC=C. The molecule has 4 rings (SSSR count). The van der Waals surface area contributed by atoms with Gasteiger partial charge in [-0.1, -0.05) is 72.3 Å². The van der Waals surface area contributed by atoms with Crippen LogP contribution in [0.4, 0.5) is 0 Å². The highest BCUT2D eigenvalue weighted by Crippen LogP contribution is 2.50. The van der Waals surface area contributed by atoms with Crippen LogP contribution in [0.3, 0.4) is 0 Å². The van der Waals surface area contributed by atoms with Crippen LogP contribution in [-0.4, -0.2) is 56.6 Å². The highest BCUT2D eigenvalue weighted by Gasteiger charge is 2.48. The van der Waals surface area contributed by atoms with Gasteiger partial charge in [0.15, 0.2) is 0 Å². The molecule has 5 atom stereocenters. The van der Waals surface area contributed by atoms with Crippen molar-refractivity contribution in [3.05, 3.63) is 121 Å². The van der Waals surface area contributed by atoms with Gasteiger partial charge < -0.3 is 18.9 Å². The Kier molecular flexibility index (Phi) is 11.8. The van der Waals surface area contributed by atoms with E-state index in [1.165, 1.54) is 32.3 Å². The molecule has 0 radical (unpaired) electrons. The molecule has 0 amide bonds. The molecule has 0 unspecified atom stereocenters. The molecule has 2 heterocycles. The molecule has 0 spiro atoms. The molecule has 2 aromatic carbocycles. The molecule has 6 heteroatoms. The quantitative estimate of drug-likeness (QED) is 0.128. The lowest BCUT2D eigenvalue weighted by molar-refractivity contribution is -0.136. The number of thiophene rings is 1. The van der Waals surface area contributed by atoms with Crippen LogP contribution in [0.1, 0.15) is 27.5 Å². The summed E-state index contributed by atoms with van der Waals surface area (Å²) < 4.78 is 26.5. The summed E-state index contributed by atoms with van der Waals surface area (Å²) in [5.74, 6) is 0. The minimum absolute atomic E-state index is 0.0130. The zero-order chi connectivity index (χ0) is 28.3. The van der Waals surface area contributed by atoms with Crippen molar-refractivity contribution >= 4 is 33.2 Å². The van der Waals surface area contributed by atoms with Crippen LogP contribution in [-0.2, 0) is 25.4 Å². The topological polar surface area (TPSA) is 36.9 Å². The molecule has 3 aromatic rings. The summed E-state index contributed by atoms with van der Waals surface area (Å²) in [7, 11) is 0. The van der Waals surface area contributed by atoms with Gasteiger partial charge in [0.1, 0.15) is 18.3 Å². The third-order valence-corrected chi connectivity index (χ3v) is 9.56. The van der Waals surface area contributed by atoms with Gasteiger partial charge in [-0.05, 0) is 40.8 Å². The van der Waals surface area contributed by atoms with E-state index in [0.717, 1.165) is 6.42 Å². The normalized spacial score (nSPS) is 22.7. The van der Waals surface area contributed by atoms with Crippen molar-refractivity contribution in [3.63, 3.8) is 0 Å². The first kappa shape index (κ1) is 30.5. The van der Waals surface area contributed by atoms with Gasteiger partial charge in [0.2, 0.25) is 0 Å². The molecule has 0 aliphatic carbocycles. The van der Waals surface area contributed by atoms with Gasteiger partial charge in [0, 0.05) is 4.70 Å². The second kappa shape index (κ2) is 15.5. The second-order valence-corrected chi connectivity index (χ2v) is 12.1. The van der Waals surface area contributed by atoms with Crippen molar-refractivity contribution in [2.24, 2.45) is 0 Å². The standard InChI is InChI=1S/C34H40O4S2/c1-6-17-35-22-29-30(36-18-7-2)31(37-19-8-3)32(38-20-9-4)34(40-29)28-23-39-33-26(11-10-12-27(28)33)21-25-15-13-24(5)14-16-25/h6-16,23,29-32,34H,1-4,17-22H2,5H3/t29-,30-,31+,32-,34+/m1/s1. The van der Waals surface area contributed by atoms with Crippen LogP contribution in [0.2, 0.25) is 0 Å². The van der Waals surface area contributed by atoms with E-state index in [2.05, 4.69) is 81.1 Å². The molecule has 1 aromatic heterocycles. The van der Waals surface area contributed by atoms with Crippen LogP contribution < -0.4 is 0 Å². The lowest BCUT2D eigenvalue weighted by Crippen LogP contribution is -2.55. The second-order valence-electron chi connectivity index (χ2n) is 9.83. The van der Waals surface area contributed by atoms with E-state index in [1.54, 1.807) is 35.6 Å². The fraction of sp³-hybridized carbons (Fsp3) is 0.353. The fourth-order valence-electron chi connectivity index (χ4n) is 5.10. The molecule has 0 N–H and O–H groups in total. The Labute approximate surface area is 247 Å². The third-order valence-electron chi connectivity index (χ3n) is 6.90. The van der Waals surface area contributed by atoms with Crippen LogP contribution in [0.5, 0.6) is 0 Å². The molecule has 0 bridgehead atoms. The molecule has 1 saturated heterocycles. The van der Waals surface area contributed by atoms with E-state index in [1.807, 2.05) is 11.8 Å². The smallest absolute Gasteiger partial charge is 0.113 e. The lowest BCUT2D eigenvalue weighted by atomic mass is 9.95. The number of benzene rings is 2. The number of ether oxygens (including phenoxy) is 4. The van der Waals surface area contributed by atoms with Crippen molar-refractivity contribution in [2.75, 3.05) is 33.0 Å². The predicted octanol–water partition coefficient (Wildman–Crippen LogP) is 7.87. The number of rotatable bonds is 16. The van der Waals surface area contributed by atoms with Gasteiger partial charge in [-0.25, -0.2) is 0 Å². The third kappa shape index (κ3) is 7.43. The molecule has 0 saturated carbocycles. The number of hydrogen-bond acceptors (Lipinski definition) is 6. The molecule has 1 aliphatic rings. The van der Waals surface area contributed by atoms with E-state index >= 15 is 0 Å². The monoisotopic (exact) mass is 576 g/mol. The molecular formula is C34H40O4S2. The van der Waals surface area contributed by atoms with Crippen molar-refractivity contribution in [1.82, 2.24) is 0 Å². The zero-order valence-electron chi connectivity index (χ0n) is 23.3. The summed E-state index contributed by atoms with van der Waals surface area (Å²) in [5.41, 5.74) is 5.18. The van der Waals surface area contributed by atoms with E-state index in [9.17, 15) is 0 Å². The van der Waals surface area contributed by atoms with Crippen molar-refractivity contribution in [1.29, 1.82) is 0 Å². The maximum absolute atomic E-state index is 6.49. The van der Waals surface area contributed by atoms with Crippen LogP contribution in [0.15, 0.2) is 98.5 Å². The Bertz CT molecular complexity index is 1260. The lowest BCUT2D eigenvalue weighted by Gasteiger charge is -2.45. The Morgan fingerprint density at radius 2 is 1.43 bits per heavy atom. The Hall–Kier alpha value is -2.45. The van der Waals surface area contributed by atoms with Crippen LogP contribution >= 0.6 is 23.1 Å². The van der Waals surface area contributed by atoms with Crippen molar-refractivity contribution in [3.8, 4) is 0 Å². The van der Waals surface area contributed by atoms with E-state index < -0.39 is 0 Å². The first-order chi connectivity index (χ1) is 19.6. The summed E-state index contributed by atoms with van der Waals surface area (Å²) in [6.45, 7) is 19.8. The van der Waals surface area contributed by atoms with Crippen molar-refractivity contribution in [2.45, 2.75) is 42.2 Å². The summed E-state index contributed by atoms with van der Waals surface area (Å²) in [4.78, 5) is 0. The maximum atomic E-state index is 6.49. The van der Waals surface area contributed by atoms with Gasteiger partial charge in [0.05, 0.1) is 43.5 Å². The predicted molar refractivity (Wildman–Crippen MR) is 171 cm³/mol. The average Bonchev–Trinajstić information content (AvgIpc) is 3.40. The van der Waals surface area contributed by atoms with Crippen molar-refractivity contribution < 1.29 is 18.9 Å². The van der Waals surface area contributed by atoms with Gasteiger partial charge in [-0.2, -0.15) is 0 Å². The largest absolute Gasteiger partial charge is 0.376 e. The average molecular weight is 577 g/mol. The highest BCUT2D eigenvalue weighted by atomic mass is 32.2. The van der Waals surface area contributed by atoms with Gasteiger partial charge in [-0.15, -0.1) is 49.4 Å². The van der Waals surface area contributed by atoms with Crippen LogP contribution in [0, 0.1) is 6.92 Å². The molecular weight excluding hydrogens is 537 g/mol. The van der Waals surface area contributed by atoms with Gasteiger partial charge in [0.25, 0.3) is 0 Å². The first-order valence-electron chi connectivity index (χ1n) is 13.7. The van der Waals surface area contributed by atoms with Gasteiger partial charge in [-0.3, -0.25) is 0 Å². The number of thioether (sulfide) groups is 1. The molecule has 1 fully saturated rings. The minimum Gasteiger partial charge on any atom is -0.376 e. The fourth-order valence-corrected chi connectivity index (χ4v) is 7.98. The summed E-state index contributed by atoms with van der Waals surface area (Å²) >= 11 is 3.65. The highest BCUT2D eigenvalue weighted by molar-refractivity contribution is 8.00. The van der Waals surface area contributed by atoms with Gasteiger partial charge >= 0.3 is 0 Å². The number of fused-ring (bicyclic) bond motifs is 1. The summed E-state index contributed by atoms with van der Waals surface area (Å²) in [6.07, 6.45) is 7.16. The molecule has 1 aliphatic heterocycles. The summed E-state index contributed by atoms with van der Waals surface area (Å²) in [6, 6.07) is 15.4. The van der Waals surface area contributed by atoms with E-state index in [0.29, 0.717) is 33.0 Å². The Morgan fingerprint density at radius 3 is 2.10 bits per heavy atom. The molecule has 212 valence electrons. The summed E-state index contributed by atoms with van der Waals surface area (Å²) in [5, 5.41) is 3.59. The van der Waals surface area contributed by atoms with Crippen LogP contribution in [0.25, 0.3) is 10.1 Å². The zero-order valence-corrected chi connectivity index (χ0v) is 25.0. The Balaban J connectivity index is 1.74.